The van der Waals surface area contributed by atoms with Crippen molar-refractivity contribution in [1.82, 2.24) is 4.37 Å². The Kier molecular flexibility index (Phi) is 4.04. The zero-order valence-corrected chi connectivity index (χ0v) is 10.8. The van der Waals surface area contributed by atoms with Gasteiger partial charge in [0.1, 0.15) is 10.8 Å². The zero-order valence-electron chi connectivity index (χ0n) is 9.98. The number of hydrogen-bond donors (Lipinski definition) is 1. The topological polar surface area (TPSA) is 42.1 Å². The van der Waals surface area contributed by atoms with E-state index in [1.165, 1.54) is 61.7 Å². The minimum Gasteiger partial charge on any atom is -0.383 e. The van der Waals surface area contributed by atoms with Gasteiger partial charge in [-0.25, -0.2) is 0 Å². The Morgan fingerprint density at radius 3 is 3.06 bits per heavy atom. The molecule has 2 N–H and O–H groups in total. The molecule has 0 bridgehead atoms. The summed E-state index contributed by atoms with van der Waals surface area (Å²) in [5, 5.41) is 1.25. The Bertz CT molecular complexity index is 324. The first-order valence-corrected chi connectivity index (χ1v) is 7.04. The Labute approximate surface area is 102 Å². The van der Waals surface area contributed by atoms with Crippen molar-refractivity contribution in [3.63, 3.8) is 0 Å². The van der Waals surface area contributed by atoms with Gasteiger partial charge >= 0.3 is 0 Å². The first-order chi connectivity index (χ1) is 7.79. The van der Waals surface area contributed by atoms with E-state index in [-0.39, 0.29) is 0 Å². The van der Waals surface area contributed by atoms with E-state index in [9.17, 15) is 0 Å². The highest BCUT2D eigenvalue weighted by molar-refractivity contribution is 7.10. The first kappa shape index (κ1) is 11.7. The third kappa shape index (κ3) is 2.88. The normalized spacial score (nSPS) is 22.1. The molecule has 0 saturated carbocycles. The summed E-state index contributed by atoms with van der Waals surface area (Å²) in [7, 11) is 0. The standard InChI is InChI=1S/C12H21N3S/c1-2-4-10-5-3-7-15(8-6-10)12-9-11(13)14-16-12/h9-10H,2-8H2,1H3,(H2,13,14). The maximum absolute atomic E-state index is 5.67. The maximum atomic E-state index is 5.67. The average Bonchev–Trinajstić information content (AvgIpc) is 2.57. The van der Waals surface area contributed by atoms with Crippen molar-refractivity contribution in [3.8, 4) is 0 Å². The molecule has 90 valence electrons. The van der Waals surface area contributed by atoms with Crippen molar-refractivity contribution < 1.29 is 0 Å². The maximum Gasteiger partial charge on any atom is 0.139 e. The van der Waals surface area contributed by atoms with Crippen LogP contribution in [-0.4, -0.2) is 17.5 Å². The van der Waals surface area contributed by atoms with Crippen LogP contribution in [0.1, 0.15) is 39.0 Å². The van der Waals surface area contributed by atoms with E-state index >= 15 is 0 Å². The molecule has 16 heavy (non-hydrogen) atoms. The van der Waals surface area contributed by atoms with E-state index in [0.717, 1.165) is 5.92 Å². The largest absolute Gasteiger partial charge is 0.383 e. The van der Waals surface area contributed by atoms with Gasteiger partial charge in [-0.15, -0.1) is 0 Å². The van der Waals surface area contributed by atoms with Crippen LogP contribution in [0.2, 0.25) is 0 Å². The van der Waals surface area contributed by atoms with Gasteiger partial charge in [-0.3, -0.25) is 0 Å². The second kappa shape index (κ2) is 5.53. The number of nitrogen functional groups attached to an aromatic ring is 1. The number of anilines is 2. The molecule has 1 saturated heterocycles. The Morgan fingerprint density at radius 1 is 1.50 bits per heavy atom. The van der Waals surface area contributed by atoms with Gasteiger partial charge < -0.3 is 10.6 Å². The van der Waals surface area contributed by atoms with Crippen molar-refractivity contribution in [1.29, 1.82) is 0 Å². The molecule has 2 rings (SSSR count). The lowest BCUT2D eigenvalue weighted by molar-refractivity contribution is 0.435. The van der Waals surface area contributed by atoms with E-state index in [4.69, 9.17) is 5.73 Å². The van der Waals surface area contributed by atoms with Gasteiger partial charge in [0.25, 0.3) is 0 Å². The highest BCUT2D eigenvalue weighted by Gasteiger charge is 2.17. The molecule has 4 heteroatoms. The number of rotatable bonds is 3. The molecule has 1 fully saturated rings. The third-order valence-corrected chi connectivity index (χ3v) is 4.24. The molecule has 1 aliphatic heterocycles. The molecule has 0 aromatic carbocycles. The summed E-state index contributed by atoms with van der Waals surface area (Å²) in [4.78, 5) is 2.45. The highest BCUT2D eigenvalue weighted by Crippen LogP contribution is 2.28. The molecule has 3 nitrogen and oxygen atoms in total. The van der Waals surface area contributed by atoms with Crippen LogP contribution >= 0.6 is 11.5 Å². The van der Waals surface area contributed by atoms with Gasteiger partial charge in [0.2, 0.25) is 0 Å². The minimum absolute atomic E-state index is 0.661. The van der Waals surface area contributed by atoms with Crippen LogP contribution in [0.5, 0.6) is 0 Å². The smallest absolute Gasteiger partial charge is 0.139 e. The van der Waals surface area contributed by atoms with E-state index < -0.39 is 0 Å². The molecule has 1 aromatic heterocycles. The summed E-state index contributed by atoms with van der Waals surface area (Å²) in [5.41, 5.74) is 5.67. The second-order valence-corrected chi connectivity index (χ2v) is 5.45. The third-order valence-electron chi connectivity index (χ3n) is 3.37. The molecule has 2 heterocycles. The van der Waals surface area contributed by atoms with Crippen molar-refractivity contribution in [3.05, 3.63) is 6.07 Å². The highest BCUT2D eigenvalue weighted by atomic mass is 32.1. The van der Waals surface area contributed by atoms with Crippen LogP contribution < -0.4 is 10.6 Å². The molecule has 1 aliphatic rings. The molecule has 1 unspecified atom stereocenters. The predicted octanol–water partition coefficient (Wildman–Crippen LogP) is 3.13. The minimum atomic E-state index is 0.661. The lowest BCUT2D eigenvalue weighted by atomic mass is 9.96. The van der Waals surface area contributed by atoms with Crippen LogP contribution in [0.4, 0.5) is 10.8 Å². The van der Waals surface area contributed by atoms with Gasteiger partial charge in [0.05, 0.1) is 0 Å². The molecule has 1 aromatic rings. The Morgan fingerprint density at radius 2 is 2.38 bits per heavy atom. The van der Waals surface area contributed by atoms with Crippen LogP contribution in [0, 0.1) is 5.92 Å². The molecule has 1 atom stereocenters. The number of hydrogen-bond acceptors (Lipinski definition) is 4. The summed E-state index contributed by atoms with van der Waals surface area (Å²) in [6.45, 7) is 4.63. The molecule has 0 amide bonds. The van der Waals surface area contributed by atoms with Gasteiger partial charge in [0, 0.05) is 19.2 Å². The van der Waals surface area contributed by atoms with Crippen LogP contribution in [0.15, 0.2) is 6.07 Å². The number of nitrogens with two attached hydrogens (primary N) is 1. The molecule has 0 aliphatic carbocycles. The quantitative estimate of drug-likeness (QED) is 0.881. The van der Waals surface area contributed by atoms with Gasteiger partial charge in [-0.1, -0.05) is 19.8 Å². The zero-order chi connectivity index (χ0) is 11.4. The monoisotopic (exact) mass is 239 g/mol. The first-order valence-electron chi connectivity index (χ1n) is 6.26. The van der Waals surface area contributed by atoms with Crippen molar-refractivity contribution in [2.45, 2.75) is 39.0 Å². The van der Waals surface area contributed by atoms with Crippen molar-refractivity contribution in [2.24, 2.45) is 5.92 Å². The molecular weight excluding hydrogens is 218 g/mol. The van der Waals surface area contributed by atoms with E-state index in [2.05, 4.69) is 16.2 Å². The summed E-state index contributed by atoms with van der Waals surface area (Å²) in [5.74, 6) is 1.59. The number of aromatic nitrogens is 1. The van der Waals surface area contributed by atoms with E-state index in [1.54, 1.807) is 0 Å². The summed E-state index contributed by atoms with van der Waals surface area (Å²) in [6, 6.07) is 2.00. The SMILES string of the molecule is CCCC1CCCN(c2cc(N)ns2)CC1. The predicted molar refractivity (Wildman–Crippen MR) is 71.0 cm³/mol. The fourth-order valence-corrected chi connectivity index (χ4v) is 3.23. The van der Waals surface area contributed by atoms with Crippen LogP contribution in [0.3, 0.4) is 0 Å². The Hall–Kier alpha value is -0.770. The van der Waals surface area contributed by atoms with Crippen molar-refractivity contribution in [2.75, 3.05) is 23.7 Å². The second-order valence-electron chi connectivity index (χ2n) is 4.66. The molecule has 0 spiro atoms. The average molecular weight is 239 g/mol. The lowest BCUT2D eigenvalue weighted by Gasteiger charge is -2.19. The van der Waals surface area contributed by atoms with Crippen LogP contribution in [0.25, 0.3) is 0 Å². The van der Waals surface area contributed by atoms with Crippen LogP contribution in [-0.2, 0) is 0 Å². The molecule has 0 radical (unpaired) electrons. The lowest BCUT2D eigenvalue weighted by Crippen LogP contribution is -2.23. The van der Waals surface area contributed by atoms with Crippen molar-refractivity contribution >= 4 is 22.4 Å². The number of nitrogens with zero attached hydrogens (tertiary/aromatic N) is 2. The van der Waals surface area contributed by atoms with Gasteiger partial charge in [0.15, 0.2) is 0 Å². The fraction of sp³-hybridized carbons (Fsp3) is 0.750. The fourth-order valence-electron chi connectivity index (χ4n) is 2.51. The van der Waals surface area contributed by atoms with E-state index in [0.29, 0.717) is 5.82 Å². The summed E-state index contributed by atoms with van der Waals surface area (Å²) >= 11 is 1.53. The van der Waals surface area contributed by atoms with Gasteiger partial charge in [-0.05, 0) is 36.7 Å². The Balaban J connectivity index is 1.93. The molecular formula is C12H21N3S. The summed E-state index contributed by atoms with van der Waals surface area (Å²) in [6.07, 6.45) is 6.73. The van der Waals surface area contributed by atoms with Gasteiger partial charge in [-0.2, -0.15) is 4.37 Å². The van der Waals surface area contributed by atoms with E-state index in [1.807, 2.05) is 6.07 Å². The summed E-state index contributed by atoms with van der Waals surface area (Å²) < 4.78 is 4.16.